The maximum absolute atomic E-state index is 13.9. The van der Waals surface area contributed by atoms with Crippen LogP contribution < -0.4 is 4.90 Å². The quantitative estimate of drug-likeness (QED) is 0.622. The van der Waals surface area contributed by atoms with Crippen LogP contribution in [0.15, 0.2) is 18.2 Å². The summed E-state index contributed by atoms with van der Waals surface area (Å²) in [4.78, 5) is 14.3. The van der Waals surface area contributed by atoms with Crippen LogP contribution in [-0.4, -0.2) is 42.0 Å². The number of non-ortho nitro benzene ring substituents is 1. The number of hydrogen-bond acceptors (Lipinski definition) is 4. The van der Waals surface area contributed by atoms with Gasteiger partial charge in [-0.3, -0.25) is 15.0 Å². The molecule has 1 heterocycles. The van der Waals surface area contributed by atoms with Gasteiger partial charge in [0.15, 0.2) is 5.82 Å². The van der Waals surface area contributed by atoms with E-state index in [2.05, 4.69) is 18.7 Å². The van der Waals surface area contributed by atoms with Gasteiger partial charge in [0.1, 0.15) is 0 Å². The first-order chi connectivity index (χ1) is 8.99. The van der Waals surface area contributed by atoms with Gasteiger partial charge in [-0.15, -0.1) is 0 Å². The van der Waals surface area contributed by atoms with Gasteiger partial charge in [0, 0.05) is 38.3 Å². The number of benzene rings is 1. The number of nitrogens with zero attached hydrogens (tertiary/aromatic N) is 3. The van der Waals surface area contributed by atoms with E-state index in [1.165, 1.54) is 12.1 Å². The fraction of sp³-hybridized carbons (Fsp3) is 0.538. The molecule has 0 amide bonds. The van der Waals surface area contributed by atoms with Crippen molar-refractivity contribution >= 4 is 11.4 Å². The first-order valence-corrected chi connectivity index (χ1v) is 6.42. The Kier molecular flexibility index (Phi) is 3.99. The summed E-state index contributed by atoms with van der Waals surface area (Å²) in [5, 5.41) is 10.6. The van der Waals surface area contributed by atoms with Crippen molar-refractivity contribution in [3.8, 4) is 0 Å². The Bertz CT molecular complexity index is 471. The lowest BCUT2D eigenvalue weighted by Crippen LogP contribution is -2.49. The summed E-state index contributed by atoms with van der Waals surface area (Å²) in [5.41, 5.74) is 0.246. The standard InChI is InChI=1S/C13H18FN3O2/c1-10(2)15-5-7-16(8-6-15)13-4-3-11(17(18)19)9-12(13)14/h3-4,9-10H,5-8H2,1-2H3. The van der Waals surface area contributed by atoms with Crippen LogP contribution >= 0.6 is 0 Å². The van der Waals surface area contributed by atoms with Crippen molar-refractivity contribution in [2.24, 2.45) is 0 Å². The van der Waals surface area contributed by atoms with Gasteiger partial charge >= 0.3 is 0 Å². The summed E-state index contributed by atoms with van der Waals surface area (Å²) in [7, 11) is 0. The molecule has 0 saturated carbocycles. The predicted octanol–water partition coefficient (Wildman–Crippen LogP) is 2.26. The Balaban J connectivity index is 2.09. The molecule has 19 heavy (non-hydrogen) atoms. The van der Waals surface area contributed by atoms with E-state index in [9.17, 15) is 14.5 Å². The number of piperazine rings is 1. The Hall–Kier alpha value is -1.69. The first kappa shape index (κ1) is 13.7. The van der Waals surface area contributed by atoms with Crippen molar-refractivity contribution in [2.75, 3.05) is 31.1 Å². The summed E-state index contributed by atoms with van der Waals surface area (Å²) in [6.45, 7) is 7.53. The van der Waals surface area contributed by atoms with Gasteiger partial charge in [0.25, 0.3) is 5.69 Å². The molecule has 1 saturated heterocycles. The second-order valence-corrected chi connectivity index (χ2v) is 5.01. The molecule has 0 unspecified atom stereocenters. The van der Waals surface area contributed by atoms with Crippen molar-refractivity contribution in [2.45, 2.75) is 19.9 Å². The Labute approximate surface area is 111 Å². The SMILES string of the molecule is CC(C)N1CCN(c2ccc([N+](=O)[O-])cc2F)CC1. The topological polar surface area (TPSA) is 49.6 Å². The second kappa shape index (κ2) is 5.52. The summed E-state index contributed by atoms with van der Waals surface area (Å²) >= 11 is 0. The summed E-state index contributed by atoms with van der Waals surface area (Å²) in [6, 6.07) is 4.33. The number of hydrogen-bond donors (Lipinski definition) is 0. The smallest absolute Gasteiger partial charge is 0.272 e. The molecule has 0 radical (unpaired) electrons. The van der Waals surface area contributed by atoms with Crippen LogP contribution in [0.4, 0.5) is 15.8 Å². The van der Waals surface area contributed by atoms with E-state index in [0.717, 1.165) is 32.2 Å². The van der Waals surface area contributed by atoms with Crippen molar-refractivity contribution < 1.29 is 9.31 Å². The monoisotopic (exact) mass is 267 g/mol. The molecule has 2 rings (SSSR count). The van der Waals surface area contributed by atoms with E-state index in [0.29, 0.717) is 11.7 Å². The van der Waals surface area contributed by atoms with Crippen molar-refractivity contribution in [3.05, 3.63) is 34.1 Å². The Morgan fingerprint density at radius 2 is 1.89 bits per heavy atom. The Morgan fingerprint density at radius 1 is 1.26 bits per heavy atom. The van der Waals surface area contributed by atoms with Gasteiger partial charge in [0.2, 0.25) is 0 Å². The van der Waals surface area contributed by atoms with Crippen LogP contribution in [-0.2, 0) is 0 Å². The molecule has 0 aromatic heterocycles. The third-order valence-electron chi connectivity index (χ3n) is 3.53. The number of anilines is 1. The molecule has 5 nitrogen and oxygen atoms in total. The number of nitro groups is 1. The second-order valence-electron chi connectivity index (χ2n) is 5.01. The minimum atomic E-state index is -0.580. The molecule has 1 aromatic rings. The van der Waals surface area contributed by atoms with Crippen LogP contribution in [0.3, 0.4) is 0 Å². The van der Waals surface area contributed by atoms with Gasteiger partial charge in [-0.2, -0.15) is 0 Å². The largest absolute Gasteiger partial charge is 0.367 e. The maximum atomic E-state index is 13.9. The molecule has 0 aliphatic carbocycles. The van der Waals surface area contributed by atoms with Crippen LogP contribution in [0, 0.1) is 15.9 Å². The highest BCUT2D eigenvalue weighted by atomic mass is 19.1. The van der Waals surface area contributed by atoms with E-state index in [1.54, 1.807) is 0 Å². The third-order valence-corrected chi connectivity index (χ3v) is 3.53. The van der Waals surface area contributed by atoms with Crippen LogP contribution in [0.2, 0.25) is 0 Å². The third kappa shape index (κ3) is 3.01. The minimum Gasteiger partial charge on any atom is -0.367 e. The first-order valence-electron chi connectivity index (χ1n) is 6.42. The molecular formula is C13H18FN3O2. The fourth-order valence-electron chi connectivity index (χ4n) is 2.35. The van der Waals surface area contributed by atoms with E-state index in [-0.39, 0.29) is 5.69 Å². The van der Waals surface area contributed by atoms with E-state index >= 15 is 0 Å². The summed E-state index contributed by atoms with van der Waals surface area (Å²) in [5.74, 6) is -0.521. The molecule has 104 valence electrons. The zero-order valence-electron chi connectivity index (χ0n) is 11.2. The van der Waals surface area contributed by atoms with Crippen molar-refractivity contribution in [1.29, 1.82) is 0 Å². The highest BCUT2D eigenvalue weighted by Gasteiger charge is 2.22. The molecule has 1 fully saturated rings. The van der Waals surface area contributed by atoms with Gasteiger partial charge < -0.3 is 4.90 Å². The average molecular weight is 267 g/mol. The lowest BCUT2D eigenvalue weighted by molar-refractivity contribution is -0.385. The summed E-state index contributed by atoms with van der Waals surface area (Å²) < 4.78 is 13.9. The van der Waals surface area contributed by atoms with Crippen molar-refractivity contribution in [1.82, 2.24) is 4.90 Å². The zero-order valence-corrected chi connectivity index (χ0v) is 11.2. The van der Waals surface area contributed by atoms with Crippen LogP contribution in [0.1, 0.15) is 13.8 Å². The zero-order chi connectivity index (χ0) is 14.0. The molecule has 0 spiro atoms. The molecule has 0 N–H and O–H groups in total. The normalized spacial score (nSPS) is 16.9. The lowest BCUT2D eigenvalue weighted by Gasteiger charge is -2.38. The van der Waals surface area contributed by atoms with E-state index in [4.69, 9.17) is 0 Å². The maximum Gasteiger partial charge on any atom is 0.272 e. The van der Waals surface area contributed by atoms with Crippen LogP contribution in [0.5, 0.6) is 0 Å². The lowest BCUT2D eigenvalue weighted by atomic mass is 10.2. The highest BCUT2D eigenvalue weighted by molar-refractivity contribution is 5.52. The fourth-order valence-corrected chi connectivity index (χ4v) is 2.35. The molecule has 1 aliphatic rings. The van der Waals surface area contributed by atoms with Crippen molar-refractivity contribution in [3.63, 3.8) is 0 Å². The van der Waals surface area contributed by atoms with Gasteiger partial charge in [0.05, 0.1) is 16.7 Å². The molecule has 0 bridgehead atoms. The average Bonchev–Trinajstić information content (AvgIpc) is 2.38. The van der Waals surface area contributed by atoms with Crippen LogP contribution in [0.25, 0.3) is 0 Å². The van der Waals surface area contributed by atoms with Gasteiger partial charge in [-0.25, -0.2) is 4.39 Å². The van der Waals surface area contributed by atoms with Gasteiger partial charge in [-0.1, -0.05) is 0 Å². The van der Waals surface area contributed by atoms with Gasteiger partial charge in [-0.05, 0) is 19.9 Å². The number of halogens is 1. The van der Waals surface area contributed by atoms with E-state index < -0.39 is 10.7 Å². The molecule has 1 aliphatic heterocycles. The summed E-state index contributed by atoms with van der Waals surface area (Å²) in [6.07, 6.45) is 0. The highest BCUT2D eigenvalue weighted by Crippen LogP contribution is 2.25. The number of rotatable bonds is 3. The predicted molar refractivity (Wildman–Crippen MR) is 72.0 cm³/mol. The Morgan fingerprint density at radius 3 is 2.37 bits per heavy atom. The van der Waals surface area contributed by atoms with E-state index in [1.807, 2.05) is 4.90 Å². The number of nitro benzene ring substituents is 1. The molecule has 6 heteroatoms. The minimum absolute atomic E-state index is 0.206. The molecule has 0 atom stereocenters. The molecule has 1 aromatic carbocycles. The molecular weight excluding hydrogens is 249 g/mol.